The minimum Gasteiger partial charge on any atom is -0.510 e. The number of phosphoric acid groups is 2. The molecule has 0 bridgehead atoms. The van der Waals surface area contributed by atoms with Crippen LogP contribution in [0.4, 0.5) is 11.8 Å². The van der Waals surface area contributed by atoms with Crippen molar-refractivity contribution in [2.75, 3.05) is 24.7 Å². The molecule has 7 rings (SSSR count). The molecule has 6 heterocycles. The average molecular weight is 680 g/mol. The molecule has 23 heteroatoms. The number of hydrogen-bond acceptors (Lipinski definition) is 16. The average Bonchev–Trinajstić information content (AvgIpc) is 3.67. The highest BCUT2D eigenvalue weighted by Gasteiger charge is 2.46. The third-order valence-electron chi connectivity index (χ3n) is 7.74. The molecule has 0 saturated heterocycles. The van der Waals surface area contributed by atoms with Gasteiger partial charge in [-0.2, -0.15) is 4.98 Å². The highest BCUT2D eigenvalue weighted by atomic mass is 31.2. The van der Waals surface area contributed by atoms with Crippen LogP contribution in [-0.2, 0) is 37.7 Å². The molecular formula is C23H26N10O11P2. The first-order valence-electron chi connectivity index (χ1n) is 13.5. The lowest BCUT2D eigenvalue weighted by Crippen LogP contribution is -2.33. The van der Waals surface area contributed by atoms with Gasteiger partial charge in [-0.25, -0.2) is 29.1 Å². The number of aromatic nitrogens is 8. The molecule has 2 aliphatic heterocycles. The van der Waals surface area contributed by atoms with Gasteiger partial charge in [-0.15, -0.1) is 0 Å². The Kier molecular flexibility index (Phi) is 6.98. The molecule has 5 atom stereocenters. The molecule has 0 radical (unpaired) electrons. The SMILES string of the molecule is C[C@]1(n2cnc3c(=O)[nH]c(N)nc32)CC2=C(COP(=O)(O)OC3CC(O)=C(n4cnc5c(N)ncnc54)C[C@@H]3COP(=O)(O)O2)O1. The van der Waals surface area contributed by atoms with Crippen LogP contribution in [0, 0.1) is 5.92 Å². The summed E-state index contributed by atoms with van der Waals surface area (Å²) in [7, 11) is -9.73. The predicted molar refractivity (Wildman–Crippen MR) is 155 cm³/mol. The molecule has 0 amide bonds. The van der Waals surface area contributed by atoms with Crippen molar-refractivity contribution < 1.29 is 46.9 Å². The normalized spacial score (nSPS) is 30.8. The largest absolute Gasteiger partial charge is 0.527 e. The maximum atomic E-state index is 13.2. The van der Waals surface area contributed by atoms with E-state index < -0.39 is 52.2 Å². The molecule has 0 spiro atoms. The van der Waals surface area contributed by atoms with Crippen molar-refractivity contribution in [2.45, 2.75) is 38.0 Å². The van der Waals surface area contributed by atoms with Crippen molar-refractivity contribution in [2.24, 2.45) is 5.92 Å². The highest BCUT2D eigenvalue weighted by molar-refractivity contribution is 7.47. The lowest BCUT2D eigenvalue weighted by atomic mass is 9.88. The van der Waals surface area contributed by atoms with E-state index in [1.165, 1.54) is 35.0 Å². The number of hydrogen-bond donors (Lipinski definition) is 6. The third kappa shape index (κ3) is 5.30. The van der Waals surface area contributed by atoms with Gasteiger partial charge in [-0.3, -0.25) is 37.4 Å². The summed E-state index contributed by atoms with van der Waals surface area (Å²) < 4.78 is 56.7. The fourth-order valence-corrected chi connectivity index (χ4v) is 7.41. The van der Waals surface area contributed by atoms with Crippen LogP contribution in [-0.4, -0.2) is 73.2 Å². The highest BCUT2D eigenvalue weighted by Crippen LogP contribution is 2.55. The summed E-state index contributed by atoms with van der Waals surface area (Å²) in [6.07, 6.45) is 2.01. The van der Waals surface area contributed by atoms with Crippen LogP contribution in [0.3, 0.4) is 0 Å². The molecule has 4 aromatic heterocycles. The van der Waals surface area contributed by atoms with Gasteiger partial charge in [-0.1, -0.05) is 0 Å². The van der Waals surface area contributed by atoms with Gasteiger partial charge in [0.1, 0.15) is 31.3 Å². The molecule has 0 fully saturated rings. The van der Waals surface area contributed by atoms with Gasteiger partial charge < -0.3 is 30.7 Å². The van der Waals surface area contributed by atoms with Crippen LogP contribution in [0.2, 0.25) is 0 Å². The van der Waals surface area contributed by atoms with E-state index in [2.05, 4.69) is 29.9 Å². The first kappa shape index (κ1) is 30.3. The molecular weight excluding hydrogens is 654 g/mol. The van der Waals surface area contributed by atoms with Gasteiger partial charge in [0.05, 0.1) is 24.8 Å². The Morgan fingerprint density at radius 1 is 1.02 bits per heavy atom. The minimum atomic E-state index is -4.87. The van der Waals surface area contributed by atoms with Crippen molar-refractivity contribution in [1.82, 2.24) is 39.0 Å². The summed E-state index contributed by atoms with van der Waals surface area (Å²) in [6.45, 7) is 0.272. The maximum Gasteiger partial charge on any atom is 0.527 e. The summed E-state index contributed by atoms with van der Waals surface area (Å²) in [5, 5.41) is 11.0. The number of anilines is 2. The van der Waals surface area contributed by atoms with Gasteiger partial charge in [0.2, 0.25) is 5.95 Å². The number of nitrogens with zero attached hydrogens (tertiary/aromatic N) is 7. The lowest BCUT2D eigenvalue weighted by molar-refractivity contribution is -0.0367. The number of rotatable bonds is 2. The van der Waals surface area contributed by atoms with Crippen LogP contribution in [0.25, 0.3) is 28.0 Å². The Balaban J connectivity index is 1.18. The van der Waals surface area contributed by atoms with Crippen LogP contribution < -0.4 is 17.0 Å². The molecule has 3 unspecified atom stereocenters. The maximum absolute atomic E-state index is 13.2. The second kappa shape index (κ2) is 10.6. The van der Waals surface area contributed by atoms with E-state index in [0.717, 1.165) is 0 Å². The summed E-state index contributed by atoms with van der Waals surface area (Å²) in [5.41, 5.74) is 10.3. The summed E-state index contributed by atoms with van der Waals surface area (Å²) in [5.74, 6) is -1.66. The standard InChI is InChI=1S/C23H26N10O11P2/c1-23(33-9-29-17-20(33)30-22(25)31-21(17)35)4-14-15(42-23)6-41-46(38,39)43-13-3-12(34)11(2-10(13)5-40-45(36,37)44-14)32-8-28-16-18(24)26-7-27-19(16)32/h7-10,13,34H,2-6H2,1H3,(H,36,37)(H,38,39)(H2,24,26,27)(H3,25,30,31,35)/t10-,13?,23-/m1/s1. The van der Waals surface area contributed by atoms with Gasteiger partial charge in [0.25, 0.3) is 5.56 Å². The lowest BCUT2D eigenvalue weighted by Gasteiger charge is -2.33. The molecule has 244 valence electrons. The smallest absolute Gasteiger partial charge is 0.510 e. The monoisotopic (exact) mass is 680 g/mol. The number of phosphoric ester groups is 2. The second-order valence-corrected chi connectivity index (χ2v) is 13.7. The van der Waals surface area contributed by atoms with Crippen LogP contribution in [0.1, 0.15) is 26.2 Å². The van der Waals surface area contributed by atoms with Crippen LogP contribution in [0.5, 0.6) is 0 Å². The van der Waals surface area contributed by atoms with E-state index >= 15 is 0 Å². The number of nitrogens with one attached hydrogen (secondary N) is 1. The van der Waals surface area contributed by atoms with Crippen LogP contribution in [0.15, 0.2) is 41.1 Å². The number of nitrogens with two attached hydrogens (primary N) is 2. The van der Waals surface area contributed by atoms with E-state index in [1.54, 1.807) is 0 Å². The molecule has 4 aromatic rings. The molecule has 3 aliphatic rings. The zero-order valence-electron chi connectivity index (χ0n) is 23.7. The number of fused-ring (bicyclic) bond motifs is 3. The van der Waals surface area contributed by atoms with Crippen LogP contribution >= 0.6 is 15.6 Å². The van der Waals surface area contributed by atoms with Crippen molar-refractivity contribution in [3.8, 4) is 0 Å². The Morgan fingerprint density at radius 2 is 1.80 bits per heavy atom. The fourth-order valence-electron chi connectivity index (χ4n) is 5.60. The minimum absolute atomic E-state index is 0.0368. The zero-order valence-corrected chi connectivity index (χ0v) is 25.5. The zero-order chi connectivity index (χ0) is 32.6. The number of ether oxygens (including phenoxy) is 1. The first-order valence-corrected chi connectivity index (χ1v) is 16.5. The second-order valence-electron chi connectivity index (χ2n) is 10.9. The Hall–Kier alpha value is -4.36. The molecule has 1 aliphatic carbocycles. The van der Waals surface area contributed by atoms with E-state index in [9.17, 15) is 28.8 Å². The quantitative estimate of drug-likeness (QED) is 0.162. The Morgan fingerprint density at radius 3 is 2.61 bits per heavy atom. The van der Waals surface area contributed by atoms with E-state index in [-0.39, 0.29) is 76.3 Å². The number of aliphatic hydroxyl groups excluding tert-OH is 1. The Bertz CT molecular complexity index is 2130. The molecule has 8 N–H and O–H groups in total. The number of H-pyrrole nitrogens is 1. The fraction of sp³-hybridized carbons (Fsp3) is 0.391. The molecule has 21 nitrogen and oxygen atoms in total. The molecule has 0 saturated carbocycles. The number of nitrogen functional groups attached to an aromatic ring is 2. The molecule has 46 heavy (non-hydrogen) atoms. The van der Waals surface area contributed by atoms with Gasteiger partial charge in [0, 0.05) is 12.3 Å². The van der Waals surface area contributed by atoms with Gasteiger partial charge >= 0.3 is 15.6 Å². The van der Waals surface area contributed by atoms with E-state index in [1.807, 2.05) is 0 Å². The predicted octanol–water partition coefficient (Wildman–Crippen LogP) is 1.21. The number of allylic oxidation sites excluding steroid dienone is 1. The van der Waals surface area contributed by atoms with Gasteiger partial charge in [0.15, 0.2) is 45.4 Å². The van der Waals surface area contributed by atoms with Crippen molar-refractivity contribution in [3.63, 3.8) is 0 Å². The van der Waals surface area contributed by atoms with Crippen molar-refractivity contribution >= 4 is 55.4 Å². The van der Waals surface area contributed by atoms with E-state index in [4.69, 9.17) is 34.3 Å². The third-order valence-corrected chi connectivity index (χ3v) is 9.66. The number of aromatic amines is 1. The summed E-state index contributed by atoms with van der Waals surface area (Å²) in [4.78, 5) is 56.5. The van der Waals surface area contributed by atoms with Gasteiger partial charge in [-0.05, 0) is 13.3 Å². The van der Waals surface area contributed by atoms with Crippen molar-refractivity contribution in [3.05, 3.63) is 46.6 Å². The number of aliphatic hydroxyl groups is 1. The molecule has 0 aromatic carbocycles. The summed E-state index contributed by atoms with van der Waals surface area (Å²) in [6, 6.07) is 0. The Labute approximate surface area is 256 Å². The number of imidazole rings is 2. The van der Waals surface area contributed by atoms with Crippen molar-refractivity contribution in [1.29, 1.82) is 0 Å². The first-order chi connectivity index (χ1) is 21.7. The van der Waals surface area contributed by atoms with E-state index in [0.29, 0.717) is 0 Å². The summed E-state index contributed by atoms with van der Waals surface area (Å²) >= 11 is 0. The topological polar surface area (TPSA) is 300 Å².